The van der Waals surface area contributed by atoms with Crippen LogP contribution in [0.4, 0.5) is 13.2 Å². The van der Waals surface area contributed by atoms with Gasteiger partial charge in [-0.15, -0.1) is 0 Å². The third kappa shape index (κ3) is 3.40. The minimum atomic E-state index is -4.50. The summed E-state index contributed by atoms with van der Waals surface area (Å²) in [5, 5.41) is -0.177. The quantitative estimate of drug-likeness (QED) is 0.406. The largest absolute Gasteiger partial charge is 0.419 e. The van der Waals surface area contributed by atoms with Gasteiger partial charge in [0, 0.05) is 11.8 Å². The Labute approximate surface area is 97.8 Å². The lowest BCUT2D eigenvalue weighted by atomic mass is 10.2. The summed E-state index contributed by atoms with van der Waals surface area (Å²) in [6.45, 7) is 0. The average molecular weight is 298 g/mol. The summed E-state index contributed by atoms with van der Waals surface area (Å²) in [7, 11) is 0. The van der Waals surface area contributed by atoms with E-state index in [1.807, 2.05) is 0 Å². The predicted molar refractivity (Wildman–Crippen MR) is 54.9 cm³/mol. The zero-order valence-electron chi connectivity index (χ0n) is 7.20. The van der Waals surface area contributed by atoms with Crippen molar-refractivity contribution in [2.75, 3.05) is 5.33 Å². The second kappa shape index (κ2) is 4.86. The maximum atomic E-state index is 12.4. The summed E-state index contributed by atoms with van der Waals surface area (Å²) in [4.78, 5) is 3.43. The molecule has 15 heavy (non-hydrogen) atoms. The van der Waals surface area contributed by atoms with Crippen molar-refractivity contribution in [2.24, 2.45) is 0 Å². The first-order valence-electron chi connectivity index (χ1n) is 3.72. The Bertz CT molecular complexity index is 420. The summed E-state index contributed by atoms with van der Waals surface area (Å²) in [5.74, 6) is 5.09. The Balaban J connectivity index is 3.17. The summed E-state index contributed by atoms with van der Waals surface area (Å²) in [6.07, 6.45) is -3.30. The lowest BCUT2D eigenvalue weighted by Gasteiger charge is -2.07. The number of alkyl halides is 4. The van der Waals surface area contributed by atoms with Crippen molar-refractivity contribution < 1.29 is 13.2 Å². The van der Waals surface area contributed by atoms with Crippen LogP contribution < -0.4 is 0 Å². The zero-order chi connectivity index (χ0) is 11.5. The van der Waals surface area contributed by atoms with Crippen LogP contribution in [-0.2, 0) is 6.18 Å². The Morgan fingerprint density at radius 3 is 2.67 bits per heavy atom. The number of hydrogen-bond donors (Lipinski definition) is 0. The van der Waals surface area contributed by atoms with Crippen LogP contribution >= 0.6 is 27.5 Å². The normalized spacial score (nSPS) is 10.7. The second-order valence-corrected chi connectivity index (χ2v) is 3.41. The van der Waals surface area contributed by atoms with Crippen molar-refractivity contribution in [1.29, 1.82) is 0 Å². The van der Waals surface area contributed by atoms with E-state index in [1.54, 1.807) is 0 Å². The number of rotatable bonds is 0. The molecule has 0 saturated carbocycles. The Morgan fingerprint density at radius 1 is 1.47 bits per heavy atom. The van der Waals surface area contributed by atoms with Crippen LogP contribution in [-0.4, -0.2) is 10.3 Å². The number of aromatic nitrogens is 1. The van der Waals surface area contributed by atoms with E-state index in [-0.39, 0.29) is 5.56 Å². The fraction of sp³-hybridized carbons (Fsp3) is 0.222. The molecule has 1 aromatic rings. The number of halogens is 5. The molecule has 1 aromatic heterocycles. The molecule has 0 aliphatic carbocycles. The molecular formula is C9H4BrClF3N. The average Bonchev–Trinajstić information content (AvgIpc) is 2.15. The van der Waals surface area contributed by atoms with Gasteiger partial charge < -0.3 is 0 Å². The van der Waals surface area contributed by atoms with Gasteiger partial charge in [-0.3, -0.25) is 0 Å². The SMILES string of the molecule is FC(F)(F)c1cc(C#CCBr)cnc1Cl. The predicted octanol–water partition coefficient (Wildman–Crippen LogP) is 3.50. The van der Waals surface area contributed by atoms with Crippen molar-refractivity contribution >= 4 is 27.5 Å². The molecule has 6 heteroatoms. The molecule has 0 aliphatic rings. The van der Waals surface area contributed by atoms with Gasteiger partial charge >= 0.3 is 6.18 Å². The van der Waals surface area contributed by atoms with E-state index in [1.165, 1.54) is 6.20 Å². The second-order valence-electron chi connectivity index (χ2n) is 2.50. The van der Waals surface area contributed by atoms with Crippen molar-refractivity contribution in [3.8, 4) is 11.8 Å². The Morgan fingerprint density at radius 2 is 2.13 bits per heavy atom. The molecule has 0 unspecified atom stereocenters. The van der Waals surface area contributed by atoms with E-state index in [9.17, 15) is 13.2 Å². The maximum Gasteiger partial charge on any atom is 0.419 e. The third-order valence-corrected chi connectivity index (χ3v) is 2.03. The van der Waals surface area contributed by atoms with Crippen molar-refractivity contribution in [1.82, 2.24) is 4.98 Å². The van der Waals surface area contributed by atoms with Crippen LogP contribution in [0.25, 0.3) is 0 Å². The molecule has 80 valence electrons. The van der Waals surface area contributed by atoms with Crippen molar-refractivity contribution in [3.63, 3.8) is 0 Å². The molecule has 0 N–H and O–H groups in total. The molecular weight excluding hydrogens is 294 g/mol. The first-order valence-corrected chi connectivity index (χ1v) is 5.22. The van der Waals surface area contributed by atoms with Gasteiger partial charge in [-0.2, -0.15) is 13.2 Å². The molecule has 1 nitrogen and oxygen atoms in total. The Hall–Kier alpha value is -0.730. The van der Waals surface area contributed by atoms with E-state index >= 15 is 0 Å². The molecule has 0 spiro atoms. The fourth-order valence-corrected chi connectivity index (χ4v) is 1.20. The van der Waals surface area contributed by atoms with Crippen LogP contribution in [0.15, 0.2) is 12.3 Å². The number of pyridine rings is 1. The van der Waals surface area contributed by atoms with Crippen LogP contribution in [0.1, 0.15) is 11.1 Å². The number of nitrogens with zero attached hydrogens (tertiary/aromatic N) is 1. The van der Waals surface area contributed by atoms with Gasteiger partial charge in [0.25, 0.3) is 0 Å². The van der Waals surface area contributed by atoms with E-state index < -0.39 is 16.9 Å². The van der Waals surface area contributed by atoms with Crippen molar-refractivity contribution in [2.45, 2.75) is 6.18 Å². The number of hydrogen-bond acceptors (Lipinski definition) is 1. The van der Waals surface area contributed by atoms with Crippen molar-refractivity contribution in [3.05, 3.63) is 28.5 Å². The summed E-state index contributed by atoms with van der Waals surface area (Å²) in [6, 6.07) is 0.880. The molecule has 1 heterocycles. The molecule has 0 radical (unpaired) electrons. The highest BCUT2D eigenvalue weighted by Gasteiger charge is 2.34. The summed E-state index contributed by atoms with van der Waals surface area (Å²) in [5.41, 5.74) is -0.781. The molecule has 0 fully saturated rings. The van der Waals surface area contributed by atoms with Gasteiger partial charge in [0.1, 0.15) is 5.15 Å². The standard InChI is InChI=1S/C9H4BrClF3N/c10-3-1-2-6-4-7(9(12,13)14)8(11)15-5-6/h4-5H,3H2. The van der Waals surface area contributed by atoms with Crippen LogP contribution in [0.2, 0.25) is 5.15 Å². The van der Waals surface area contributed by atoms with Crippen LogP contribution in [0.3, 0.4) is 0 Å². The van der Waals surface area contributed by atoms with Gasteiger partial charge in [-0.1, -0.05) is 39.4 Å². The minimum absolute atomic E-state index is 0.186. The lowest BCUT2D eigenvalue weighted by molar-refractivity contribution is -0.137. The van der Waals surface area contributed by atoms with Crippen LogP contribution in [0.5, 0.6) is 0 Å². The van der Waals surface area contributed by atoms with Gasteiger partial charge in [0.05, 0.1) is 10.9 Å². The maximum absolute atomic E-state index is 12.4. The van der Waals surface area contributed by atoms with Crippen LogP contribution in [0, 0.1) is 11.8 Å². The molecule has 0 aliphatic heterocycles. The third-order valence-electron chi connectivity index (χ3n) is 1.44. The Kier molecular flexibility index (Phi) is 4.00. The molecule has 0 bridgehead atoms. The highest BCUT2D eigenvalue weighted by molar-refractivity contribution is 9.09. The first kappa shape index (κ1) is 12.3. The smallest absolute Gasteiger partial charge is 0.243 e. The fourth-order valence-electron chi connectivity index (χ4n) is 0.851. The highest BCUT2D eigenvalue weighted by Crippen LogP contribution is 2.33. The lowest BCUT2D eigenvalue weighted by Crippen LogP contribution is -2.07. The molecule has 0 saturated heterocycles. The summed E-state index contributed by atoms with van der Waals surface area (Å²) >= 11 is 8.36. The minimum Gasteiger partial charge on any atom is -0.243 e. The summed E-state index contributed by atoms with van der Waals surface area (Å²) < 4.78 is 37.1. The van der Waals surface area contributed by atoms with Gasteiger partial charge in [0.2, 0.25) is 0 Å². The molecule has 1 rings (SSSR count). The molecule has 0 aromatic carbocycles. The van der Waals surface area contributed by atoms with E-state index in [4.69, 9.17) is 11.6 Å². The van der Waals surface area contributed by atoms with Gasteiger partial charge in [-0.05, 0) is 6.07 Å². The zero-order valence-corrected chi connectivity index (χ0v) is 9.54. The van der Waals surface area contributed by atoms with Gasteiger partial charge in [0.15, 0.2) is 0 Å². The highest BCUT2D eigenvalue weighted by atomic mass is 79.9. The molecule has 0 atom stereocenters. The first-order chi connectivity index (χ1) is 6.95. The topological polar surface area (TPSA) is 12.9 Å². The van der Waals surface area contributed by atoms with Gasteiger partial charge in [-0.25, -0.2) is 4.98 Å². The van der Waals surface area contributed by atoms with E-state index in [0.29, 0.717) is 5.33 Å². The van der Waals surface area contributed by atoms with E-state index in [0.717, 1.165) is 6.07 Å². The molecule has 0 amide bonds. The van der Waals surface area contributed by atoms with E-state index in [2.05, 4.69) is 32.8 Å². The monoisotopic (exact) mass is 297 g/mol.